The highest BCUT2D eigenvalue weighted by Gasteiger charge is 2.50. The van der Waals surface area contributed by atoms with Crippen molar-refractivity contribution in [2.45, 2.75) is 45.0 Å². The van der Waals surface area contributed by atoms with Gasteiger partial charge in [0, 0.05) is 39.3 Å². The third-order valence-corrected chi connectivity index (χ3v) is 6.75. The first-order valence-electron chi connectivity index (χ1n) is 9.24. The summed E-state index contributed by atoms with van der Waals surface area (Å²) in [7, 11) is -5.21. The van der Waals surface area contributed by atoms with E-state index in [1.165, 1.54) is 0 Å². The van der Waals surface area contributed by atoms with Crippen LogP contribution in [0, 0.1) is 11.8 Å². The minimum absolute atomic E-state index is 0. The summed E-state index contributed by atoms with van der Waals surface area (Å²) in [5.41, 5.74) is -5.22. The Balaban J connectivity index is 0.00000364. The van der Waals surface area contributed by atoms with Crippen molar-refractivity contribution in [2.75, 3.05) is 39.3 Å². The predicted molar refractivity (Wildman–Crippen MR) is 111 cm³/mol. The third kappa shape index (κ3) is 6.62. The average molecular weight is 526 g/mol. The summed E-state index contributed by atoms with van der Waals surface area (Å²) in [5.74, 6) is 1.67. The van der Waals surface area contributed by atoms with Crippen molar-refractivity contribution >= 4 is 40.0 Å². The maximum Gasteiger partial charge on any atom is 0.511 e. The molecule has 2 aliphatic rings. The molecule has 0 aliphatic carbocycles. The number of likely N-dealkylation sites (tertiary alicyclic amines) is 1. The average Bonchev–Trinajstić information content (AvgIpc) is 2.59. The van der Waals surface area contributed by atoms with Crippen molar-refractivity contribution in [1.29, 1.82) is 0 Å². The van der Waals surface area contributed by atoms with E-state index in [0.29, 0.717) is 29.6 Å². The van der Waals surface area contributed by atoms with Gasteiger partial charge in [0.1, 0.15) is 0 Å². The monoisotopic (exact) mass is 526 g/mol. The molecule has 160 valence electrons. The van der Waals surface area contributed by atoms with E-state index in [1.807, 2.05) is 6.92 Å². The Morgan fingerprint density at radius 1 is 1.11 bits per heavy atom. The molecule has 1 N–H and O–H groups in total. The molecule has 2 fully saturated rings. The number of nitrogens with zero attached hydrogens (tertiary/aromatic N) is 3. The first kappa shape index (κ1) is 24.7. The molecule has 11 heteroatoms. The molecule has 2 heterocycles. The van der Waals surface area contributed by atoms with Gasteiger partial charge in [0.25, 0.3) is 0 Å². The van der Waals surface area contributed by atoms with Crippen LogP contribution < -0.4 is 5.32 Å². The quantitative estimate of drug-likeness (QED) is 0.348. The van der Waals surface area contributed by atoms with Crippen LogP contribution >= 0.6 is 24.0 Å². The molecule has 0 aromatic heterocycles. The largest absolute Gasteiger partial charge is 0.511 e. The summed E-state index contributed by atoms with van der Waals surface area (Å²) in [6.07, 6.45) is 3.04. The summed E-state index contributed by atoms with van der Waals surface area (Å²) >= 11 is 0. The summed E-state index contributed by atoms with van der Waals surface area (Å²) < 4.78 is 61.3. The number of aliphatic imine (C=N–C) groups is 1. The number of hydrogen-bond donors (Lipinski definition) is 1. The van der Waals surface area contributed by atoms with E-state index < -0.39 is 15.5 Å². The maximum atomic E-state index is 12.6. The zero-order valence-corrected chi connectivity index (χ0v) is 19.0. The number of guanidine groups is 1. The molecule has 2 saturated heterocycles. The summed E-state index contributed by atoms with van der Waals surface area (Å²) in [4.78, 5) is 6.89. The zero-order chi connectivity index (χ0) is 19.4. The summed E-state index contributed by atoms with van der Waals surface area (Å²) in [5, 5.41) is 3.28. The second kappa shape index (κ2) is 10.5. The van der Waals surface area contributed by atoms with Crippen LogP contribution in [0.3, 0.4) is 0 Å². The molecular weight excluding hydrogens is 496 g/mol. The molecule has 2 aliphatic heterocycles. The van der Waals surface area contributed by atoms with Gasteiger partial charge in [0.2, 0.25) is 0 Å². The van der Waals surface area contributed by atoms with Crippen molar-refractivity contribution < 1.29 is 21.6 Å². The SMILES string of the molecule is CCNC(=NCC1CCN(S(=O)(=O)C(F)(F)F)CC1)N1CCC(C)CC1.I. The molecule has 0 spiro atoms. The molecule has 0 radical (unpaired) electrons. The second-order valence-corrected chi connectivity index (χ2v) is 9.09. The van der Waals surface area contributed by atoms with Crippen LogP contribution in [-0.4, -0.2) is 68.4 Å². The number of rotatable bonds is 4. The molecule has 27 heavy (non-hydrogen) atoms. The fourth-order valence-corrected chi connectivity index (χ4v) is 4.32. The van der Waals surface area contributed by atoms with E-state index in [9.17, 15) is 21.6 Å². The predicted octanol–water partition coefficient (Wildman–Crippen LogP) is 2.86. The highest BCUT2D eigenvalue weighted by atomic mass is 127. The maximum absolute atomic E-state index is 12.6. The molecule has 0 aromatic rings. The van der Waals surface area contributed by atoms with Crippen molar-refractivity contribution in [3.63, 3.8) is 0 Å². The lowest BCUT2D eigenvalue weighted by Crippen LogP contribution is -2.46. The van der Waals surface area contributed by atoms with Gasteiger partial charge < -0.3 is 10.2 Å². The Morgan fingerprint density at radius 3 is 2.15 bits per heavy atom. The lowest BCUT2D eigenvalue weighted by molar-refractivity contribution is -0.0496. The number of nitrogens with one attached hydrogen (secondary N) is 1. The molecule has 0 amide bonds. The van der Waals surface area contributed by atoms with Gasteiger partial charge in [0.15, 0.2) is 5.96 Å². The van der Waals surface area contributed by atoms with Gasteiger partial charge in [-0.2, -0.15) is 17.5 Å². The van der Waals surface area contributed by atoms with Crippen molar-refractivity contribution in [3.05, 3.63) is 0 Å². The summed E-state index contributed by atoms with van der Waals surface area (Å²) in [6, 6.07) is 0. The smallest absolute Gasteiger partial charge is 0.357 e. The molecule has 0 unspecified atom stereocenters. The van der Waals surface area contributed by atoms with Crippen molar-refractivity contribution in [1.82, 2.24) is 14.5 Å². The van der Waals surface area contributed by atoms with Crippen LogP contribution in [0.2, 0.25) is 0 Å². The third-order valence-electron chi connectivity index (χ3n) is 5.12. The molecule has 0 bridgehead atoms. The highest BCUT2D eigenvalue weighted by molar-refractivity contribution is 14.0. The number of hydrogen-bond acceptors (Lipinski definition) is 3. The minimum atomic E-state index is -5.22. The Labute approximate surface area is 177 Å². The van der Waals surface area contributed by atoms with E-state index in [0.717, 1.165) is 38.4 Å². The van der Waals surface area contributed by atoms with Gasteiger partial charge in [-0.25, -0.2) is 8.42 Å². The van der Waals surface area contributed by atoms with Gasteiger partial charge in [-0.1, -0.05) is 6.92 Å². The zero-order valence-electron chi connectivity index (χ0n) is 15.8. The van der Waals surface area contributed by atoms with E-state index in [1.54, 1.807) is 0 Å². The van der Waals surface area contributed by atoms with E-state index >= 15 is 0 Å². The van der Waals surface area contributed by atoms with Crippen LogP contribution in [0.4, 0.5) is 13.2 Å². The normalized spacial score (nSPS) is 21.8. The fourth-order valence-electron chi connectivity index (χ4n) is 3.34. The highest BCUT2D eigenvalue weighted by Crippen LogP contribution is 2.30. The topological polar surface area (TPSA) is 65.0 Å². The van der Waals surface area contributed by atoms with Gasteiger partial charge in [0.05, 0.1) is 0 Å². The Kier molecular flexibility index (Phi) is 9.59. The van der Waals surface area contributed by atoms with Crippen molar-refractivity contribution in [2.24, 2.45) is 16.8 Å². The first-order chi connectivity index (χ1) is 12.1. The molecule has 0 atom stereocenters. The Hall–Kier alpha value is -0.300. The van der Waals surface area contributed by atoms with E-state index in [4.69, 9.17) is 0 Å². The van der Waals surface area contributed by atoms with Gasteiger partial charge >= 0.3 is 15.5 Å². The van der Waals surface area contributed by atoms with Crippen LogP contribution in [0.25, 0.3) is 0 Å². The van der Waals surface area contributed by atoms with Gasteiger partial charge in [-0.05, 0) is 44.4 Å². The Bertz CT molecular complexity index is 585. The standard InChI is InChI=1S/C16H29F3N4O2S.HI/c1-3-20-15(22-8-4-13(2)5-9-22)21-12-14-6-10-23(11-7-14)26(24,25)16(17,18)19;/h13-14H,3-12H2,1-2H3,(H,20,21);1H. The van der Waals surface area contributed by atoms with Crippen LogP contribution in [0.1, 0.15) is 39.5 Å². The number of piperidine rings is 2. The Morgan fingerprint density at radius 2 is 1.67 bits per heavy atom. The molecule has 6 nitrogen and oxygen atoms in total. The lowest BCUT2D eigenvalue weighted by Gasteiger charge is -2.34. The molecule has 0 saturated carbocycles. The first-order valence-corrected chi connectivity index (χ1v) is 10.7. The van der Waals surface area contributed by atoms with Gasteiger partial charge in [-0.15, -0.1) is 24.0 Å². The molecular formula is C16H30F3IN4O2S. The fraction of sp³-hybridized carbons (Fsp3) is 0.938. The summed E-state index contributed by atoms with van der Waals surface area (Å²) in [6.45, 7) is 7.22. The van der Waals surface area contributed by atoms with Gasteiger partial charge in [-0.3, -0.25) is 4.99 Å². The van der Waals surface area contributed by atoms with E-state index in [2.05, 4.69) is 22.1 Å². The second-order valence-electron chi connectivity index (χ2n) is 7.16. The number of halogens is 4. The minimum Gasteiger partial charge on any atom is -0.357 e. The van der Waals surface area contributed by atoms with Crippen LogP contribution in [-0.2, 0) is 10.0 Å². The number of alkyl halides is 3. The number of sulfonamides is 1. The molecule has 0 aromatic carbocycles. The molecule has 2 rings (SSSR count). The van der Waals surface area contributed by atoms with E-state index in [-0.39, 0.29) is 43.0 Å². The van der Waals surface area contributed by atoms with Crippen LogP contribution in [0.15, 0.2) is 4.99 Å². The van der Waals surface area contributed by atoms with Crippen molar-refractivity contribution in [3.8, 4) is 0 Å². The van der Waals surface area contributed by atoms with Crippen LogP contribution in [0.5, 0.6) is 0 Å². The lowest BCUT2D eigenvalue weighted by atomic mass is 9.98.